The molecule has 3 aromatic rings. The minimum atomic E-state index is -0.528. The first-order valence-electron chi connectivity index (χ1n) is 9.43. The maximum Gasteiger partial charge on any atom is 0.344 e. The third-order valence-corrected chi connectivity index (χ3v) is 5.35. The maximum absolute atomic E-state index is 14.9. The monoisotopic (exact) mass is 398 g/mol. The van der Waals surface area contributed by atoms with Crippen LogP contribution in [0.15, 0.2) is 45.6 Å². The highest BCUT2D eigenvalue weighted by Gasteiger charge is 2.18. The van der Waals surface area contributed by atoms with E-state index in [-0.39, 0.29) is 16.5 Å². The van der Waals surface area contributed by atoms with Gasteiger partial charge in [-0.1, -0.05) is 6.07 Å². The highest BCUT2D eigenvalue weighted by atomic mass is 19.1. The Bertz CT molecular complexity index is 1100. The largest absolute Gasteiger partial charge is 0.493 e. The van der Waals surface area contributed by atoms with E-state index in [0.29, 0.717) is 17.1 Å². The van der Waals surface area contributed by atoms with Crippen LogP contribution in [0.3, 0.4) is 0 Å². The van der Waals surface area contributed by atoms with Crippen LogP contribution in [0.1, 0.15) is 0 Å². The average molecular weight is 398 g/mol. The molecule has 2 aromatic carbocycles. The molecule has 0 unspecified atom stereocenters. The van der Waals surface area contributed by atoms with Crippen LogP contribution < -0.4 is 20.0 Å². The van der Waals surface area contributed by atoms with Gasteiger partial charge in [-0.25, -0.2) is 9.18 Å². The van der Waals surface area contributed by atoms with Crippen LogP contribution in [0.5, 0.6) is 11.5 Å². The molecule has 0 saturated carbocycles. The molecular weight excluding hydrogens is 375 g/mol. The Morgan fingerprint density at radius 3 is 2.38 bits per heavy atom. The Kier molecular flexibility index (Phi) is 5.15. The van der Waals surface area contributed by atoms with Crippen LogP contribution in [0.25, 0.3) is 22.1 Å². The molecule has 0 aliphatic carbocycles. The number of hydrogen-bond acceptors (Lipinski definition) is 6. The number of anilines is 1. The Hall–Kier alpha value is -3.06. The SMILES string of the molecule is COc1ccc(-c2cc3c(F)cc(N4CCN(C)CC4)cc3oc2=O)cc1OC. The van der Waals surface area contributed by atoms with E-state index in [1.54, 1.807) is 24.3 Å². The minimum Gasteiger partial charge on any atom is -0.493 e. The summed E-state index contributed by atoms with van der Waals surface area (Å²) in [5.41, 5.74) is 1.28. The number of halogens is 1. The van der Waals surface area contributed by atoms with E-state index < -0.39 is 11.4 Å². The van der Waals surface area contributed by atoms with Gasteiger partial charge < -0.3 is 23.7 Å². The summed E-state index contributed by atoms with van der Waals surface area (Å²) in [6.45, 7) is 3.41. The number of methoxy groups -OCH3 is 2. The minimum absolute atomic E-state index is 0.244. The van der Waals surface area contributed by atoms with Crippen molar-refractivity contribution in [3.8, 4) is 22.6 Å². The molecule has 0 bridgehead atoms. The molecule has 29 heavy (non-hydrogen) atoms. The van der Waals surface area contributed by atoms with Crippen molar-refractivity contribution in [2.24, 2.45) is 0 Å². The van der Waals surface area contributed by atoms with Crippen molar-refractivity contribution in [1.82, 2.24) is 4.90 Å². The second-order valence-electron chi connectivity index (χ2n) is 7.15. The number of likely N-dealkylation sites (N-methyl/N-ethyl adjacent to an activating group) is 1. The lowest BCUT2D eigenvalue weighted by atomic mass is 10.0. The first kappa shape index (κ1) is 19.3. The molecule has 152 valence electrons. The molecule has 1 aliphatic heterocycles. The number of fused-ring (bicyclic) bond motifs is 1. The van der Waals surface area contributed by atoms with Gasteiger partial charge in [0.2, 0.25) is 0 Å². The summed E-state index contributed by atoms with van der Waals surface area (Å²) in [6, 6.07) is 9.87. The van der Waals surface area contributed by atoms with E-state index in [0.717, 1.165) is 31.9 Å². The summed E-state index contributed by atoms with van der Waals surface area (Å²) in [5.74, 6) is 0.613. The van der Waals surface area contributed by atoms with E-state index in [2.05, 4.69) is 16.8 Å². The van der Waals surface area contributed by atoms with Gasteiger partial charge in [0, 0.05) is 37.9 Å². The Morgan fingerprint density at radius 1 is 0.966 bits per heavy atom. The maximum atomic E-state index is 14.9. The van der Waals surface area contributed by atoms with Crippen LogP contribution in [0, 0.1) is 5.82 Å². The molecule has 4 rings (SSSR count). The zero-order valence-corrected chi connectivity index (χ0v) is 16.7. The van der Waals surface area contributed by atoms with Crippen LogP contribution in [-0.2, 0) is 0 Å². The lowest BCUT2D eigenvalue weighted by Crippen LogP contribution is -2.44. The van der Waals surface area contributed by atoms with Crippen molar-refractivity contribution < 1.29 is 18.3 Å². The highest BCUT2D eigenvalue weighted by Crippen LogP contribution is 2.33. The summed E-state index contributed by atoms with van der Waals surface area (Å²) in [7, 11) is 5.12. The van der Waals surface area contributed by atoms with Gasteiger partial charge >= 0.3 is 5.63 Å². The van der Waals surface area contributed by atoms with Crippen LogP contribution in [-0.4, -0.2) is 52.3 Å². The number of benzene rings is 2. The summed E-state index contributed by atoms with van der Waals surface area (Å²) < 4.78 is 31.0. The number of rotatable bonds is 4. The summed E-state index contributed by atoms with van der Waals surface area (Å²) in [4.78, 5) is 17.0. The van der Waals surface area contributed by atoms with Crippen molar-refractivity contribution in [3.05, 3.63) is 52.6 Å². The van der Waals surface area contributed by atoms with Gasteiger partial charge in [0.1, 0.15) is 11.4 Å². The van der Waals surface area contributed by atoms with Gasteiger partial charge in [-0.2, -0.15) is 0 Å². The summed E-state index contributed by atoms with van der Waals surface area (Å²) in [5, 5.41) is 0.271. The molecular formula is C22H23FN2O4. The molecule has 2 heterocycles. The molecule has 0 N–H and O–H groups in total. The lowest BCUT2D eigenvalue weighted by molar-refractivity contribution is 0.313. The van der Waals surface area contributed by atoms with Crippen LogP contribution in [0.2, 0.25) is 0 Å². The molecule has 1 aromatic heterocycles. The Morgan fingerprint density at radius 2 is 1.69 bits per heavy atom. The first-order chi connectivity index (χ1) is 14.0. The number of piperazine rings is 1. The van der Waals surface area contributed by atoms with Gasteiger partial charge in [0.15, 0.2) is 11.5 Å². The van der Waals surface area contributed by atoms with Crippen molar-refractivity contribution in [2.75, 3.05) is 52.3 Å². The van der Waals surface area contributed by atoms with E-state index >= 15 is 0 Å². The summed E-state index contributed by atoms with van der Waals surface area (Å²) in [6.07, 6.45) is 0. The molecule has 1 fully saturated rings. The Labute approximate surface area is 168 Å². The fraction of sp³-hybridized carbons (Fsp3) is 0.318. The Balaban J connectivity index is 1.77. The highest BCUT2D eigenvalue weighted by molar-refractivity contribution is 5.85. The van der Waals surface area contributed by atoms with Crippen molar-refractivity contribution in [2.45, 2.75) is 0 Å². The van der Waals surface area contributed by atoms with E-state index in [1.807, 2.05) is 0 Å². The van der Waals surface area contributed by atoms with E-state index in [1.165, 1.54) is 26.4 Å². The third-order valence-electron chi connectivity index (χ3n) is 5.35. The standard InChI is InChI=1S/C22H23FN2O4/c1-24-6-8-25(9-7-24)15-11-18(23)17-13-16(22(26)29-20(17)12-15)14-4-5-19(27-2)21(10-14)28-3/h4-5,10-13H,6-9H2,1-3H3. The van der Waals surface area contributed by atoms with Crippen molar-refractivity contribution >= 4 is 16.7 Å². The fourth-order valence-electron chi connectivity index (χ4n) is 3.61. The molecule has 1 saturated heterocycles. The summed E-state index contributed by atoms with van der Waals surface area (Å²) >= 11 is 0. The molecule has 0 radical (unpaired) electrons. The predicted octanol–water partition coefficient (Wildman–Crippen LogP) is 3.37. The van der Waals surface area contributed by atoms with E-state index in [4.69, 9.17) is 13.9 Å². The number of hydrogen-bond donors (Lipinski definition) is 0. The second-order valence-corrected chi connectivity index (χ2v) is 7.15. The molecule has 0 spiro atoms. The van der Waals surface area contributed by atoms with Gasteiger partial charge in [-0.3, -0.25) is 0 Å². The zero-order valence-electron chi connectivity index (χ0n) is 16.7. The number of nitrogens with zero attached hydrogens (tertiary/aromatic N) is 2. The quantitative estimate of drug-likeness (QED) is 0.628. The fourth-order valence-corrected chi connectivity index (χ4v) is 3.61. The van der Waals surface area contributed by atoms with Gasteiger partial charge in [0.05, 0.1) is 25.2 Å². The topological polar surface area (TPSA) is 55.2 Å². The van der Waals surface area contributed by atoms with Crippen LogP contribution in [0.4, 0.5) is 10.1 Å². The van der Waals surface area contributed by atoms with Crippen molar-refractivity contribution in [3.63, 3.8) is 0 Å². The third kappa shape index (κ3) is 3.65. The average Bonchev–Trinajstić information content (AvgIpc) is 2.73. The van der Waals surface area contributed by atoms with Crippen molar-refractivity contribution in [1.29, 1.82) is 0 Å². The molecule has 0 atom stereocenters. The lowest BCUT2D eigenvalue weighted by Gasteiger charge is -2.34. The smallest absolute Gasteiger partial charge is 0.344 e. The first-order valence-corrected chi connectivity index (χ1v) is 9.43. The van der Waals surface area contributed by atoms with E-state index in [9.17, 15) is 9.18 Å². The van der Waals surface area contributed by atoms with Gasteiger partial charge in [-0.15, -0.1) is 0 Å². The molecule has 0 amide bonds. The zero-order chi connectivity index (χ0) is 20.5. The normalized spacial score (nSPS) is 15.0. The molecule has 7 heteroatoms. The molecule has 1 aliphatic rings. The van der Waals surface area contributed by atoms with Gasteiger partial charge in [0.25, 0.3) is 0 Å². The second kappa shape index (κ2) is 7.75. The van der Waals surface area contributed by atoms with Crippen LogP contribution >= 0.6 is 0 Å². The van der Waals surface area contributed by atoms with Gasteiger partial charge in [-0.05, 0) is 36.9 Å². The number of ether oxygens (including phenoxy) is 2. The molecule has 6 nitrogen and oxygen atoms in total. The predicted molar refractivity (Wildman–Crippen MR) is 111 cm³/mol.